The van der Waals surface area contributed by atoms with E-state index in [1.807, 2.05) is 0 Å². The van der Waals surface area contributed by atoms with E-state index in [-0.39, 0.29) is 31.1 Å². The SMILES string of the molecule is CCCCCCCCCCCC(=O)OC[C@@H](COC(=O)CCCCCCCCCCCCCCCCC(C)C)OC(=O)CCCCCCCCCCCCCCC(C)C. The number of hydrogen-bond acceptors (Lipinski definition) is 6. The Hall–Kier alpha value is -1.59. The highest BCUT2D eigenvalue weighted by atomic mass is 16.6. The van der Waals surface area contributed by atoms with E-state index in [1.54, 1.807) is 0 Å². The van der Waals surface area contributed by atoms with Crippen LogP contribution >= 0.6 is 0 Å². The molecule has 0 aromatic rings. The van der Waals surface area contributed by atoms with Crippen molar-refractivity contribution >= 4 is 17.9 Å². The predicted octanol–water partition coefficient (Wildman–Crippen LogP) is 16.9. The Bertz CT molecular complexity index is 900. The minimum atomic E-state index is -0.761. The van der Waals surface area contributed by atoms with Crippen LogP contribution in [0.25, 0.3) is 0 Å². The van der Waals surface area contributed by atoms with Gasteiger partial charge in [0, 0.05) is 19.3 Å². The highest BCUT2D eigenvalue weighted by Gasteiger charge is 2.19. The average molecular weight is 835 g/mol. The molecule has 0 N–H and O–H groups in total. The zero-order valence-electron chi connectivity index (χ0n) is 40.4. The van der Waals surface area contributed by atoms with Crippen LogP contribution < -0.4 is 0 Å². The number of rotatable bonds is 47. The van der Waals surface area contributed by atoms with Crippen molar-refractivity contribution < 1.29 is 28.6 Å². The molecule has 6 heteroatoms. The Morgan fingerprint density at radius 1 is 0.322 bits per heavy atom. The molecule has 0 aliphatic carbocycles. The molecule has 350 valence electrons. The Balaban J connectivity index is 4.25. The third kappa shape index (κ3) is 47.3. The van der Waals surface area contributed by atoms with Crippen LogP contribution in [0.3, 0.4) is 0 Å². The number of unbranched alkanes of at least 4 members (excludes halogenated alkanes) is 32. The number of hydrogen-bond donors (Lipinski definition) is 0. The first kappa shape index (κ1) is 57.4. The van der Waals surface area contributed by atoms with Crippen molar-refractivity contribution in [2.45, 2.75) is 298 Å². The Kier molecular flexibility index (Phi) is 44.7. The number of ether oxygens (including phenoxy) is 3. The van der Waals surface area contributed by atoms with Gasteiger partial charge in [-0.15, -0.1) is 0 Å². The van der Waals surface area contributed by atoms with E-state index in [0.29, 0.717) is 19.3 Å². The standard InChI is InChI=1S/C53H102O6/c1-6-7-8-9-10-21-28-33-38-43-51(54)57-46-50(59-53(56)45-40-35-30-25-20-16-15-18-23-27-32-37-42-49(4)5)47-58-52(55)44-39-34-29-24-19-14-12-11-13-17-22-26-31-36-41-48(2)3/h48-50H,6-47H2,1-5H3/t50-/m0/s1. The Labute approximate surface area is 368 Å². The van der Waals surface area contributed by atoms with E-state index in [0.717, 1.165) is 69.6 Å². The van der Waals surface area contributed by atoms with E-state index in [4.69, 9.17) is 14.2 Å². The molecule has 0 saturated heterocycles. The van der Waals surface area contributed by atoms with Crippen LogP contribution in [0.1, 0.15) is 291 Å². The van der Waals surface area contributed by atoms with E-state index in [2.05, 4.69) is 34.6 Å². The molecule has 1 atom stereocenters. The summed E-state index contributed by atoms with van der Waals surface area (Å²) in [6.07, 6.45) is 46.6. The van der Waals surface area contributed by atoms with Crippen LogP contribution in [0.5, 0.6) is 0 Å². The lowest BCUT2D eigenvalue weighted by Crippen LogP contribution is -2.30. The van der Waals surface area contributed by atoms with Crippen LogP contribution in [-0.4, -0.2) is 37.2 Å². The first-order valence-corrected chi connectivity index (χ1v) is 26.2. The van der Waals surface area contributed by atoms with Gasteiger partial charge in [-0.25, -0.2) is 0 Å². The van der Waals surface area contributed by atoms with E-state index < -0.39 is 6.10 Å². The molecule has 0 aliphatic heterocycles. The fourth-order valence-electron chi connectivity index (χ4n) is 7.99. The number of esters is 3. The second-order valence-electron chi connectivity index (χ2n) is 19.1. The second kappa shape index (κ2) is 45.9. The predicted molar refractivity (Wildman–Crippen MR) is 252 cm³/mol. The van der Waals surface area contributed by atoms with Gasteiger partial charge in [0.15, 0.2) is 6.10 Å². The van der Waals surface area contributed by atoms with Crippen molar-refractivity contribution in [3.05, 3.63) is 0 Å². The van der Waals surface area contributed by atoms with Gasteiger partial charge in [-0.2, -0.15) is 0 Å². The highest BCUT2D eigenvalue weighted by Crippen LogP contribution is 2.17. The molecule has 0 rings (SSSR count). The van der Waals surface area contributed by atoms with Crippen molar-refractivity contribution in [2.24, 2.45) is 11.8 Å². The summed E-state index contributed by atoms with van der Waals surface area (Å²) in [6.45, 7) is 11.4. The molecular weight excluding hydrogens is 733 g/mol. The summed E-state index contributed by atoms with van der Waals surface area (Å²) in [6, 6.07) is 0. The molecule has 6 nitrogen and oxygen atoms in total. The summed E-state index contributed by atoms with van der Waals surface area (Å²) in [5.74, 6) is 0.828. The number of carbonyl (C=O) groups excluding carboxylic acids is 3. The lowest BCUT2D eigenvalue weighted by molar-refractivity contribution is -0.167. The molecule has 0 aromatic carbocycles. The minimum absolute atomic E-state index is 0.0635. The number of carbonyl (C=O) groups is 3. The summed E-state index contributed by atoms with van der Waals surface area (Å²) in [7, 11) is 0. The quantitative estimate of drug-likeness (QED) is 0.0345. The molecule has 0 aromatic heterocycles. The van der Waals surface area contributed by atoms with Crippen molar-refractivity contribution in [3.8, 4) is 0 Å². The molecule has 0 radical (unpaired) electrons. The molecule has 59 heavy (non-hydrogen) atoms. The molecule has 0 fully saturated rings. The van der Waals surface area contributed by atoms with Crippen molar-refractivity contribution in [3.63, 3.8) is 0 Å². The van der Waals surface area contributed by atoms with Crippen molar-refractivity contribution in [1.82, 2.24) is 0 Å². The van der Waals surface area contributed by atoms with Gasteiger partial charge in [-0.1, -0.05) is 253 Å². The smallest absolute Gasteiger partial charge is 0.306 e. The fraction of sp³-hybridized carbons (Fsp3) is 0.943. The first-order valence-electron chi connectivity index (χ1n) is 26.2. The Morgan fingerprint density at radius 3 is 0.831 bits per heavy atom. The van der Waals surface area contributed by atoms with Crippen LogP contribution in [0.4, 0.5) is 0 Å². The van der Waals surface area contributed by atoms with Crippen molar-refractivity contribution in [1.29, 1.82) is 0 Å². The fourth-order valence-corrected chi connectivity index (χ4v) is 7.99. The Morgan fingerprint density at radius 2 is 0.559 bits per heavy atom. The minimum Gasteiger partial charge on any atom is -0.462 e. The summed E-state index contributed by atoms with van der Waals surface area (Å²) in [5, 5.41) is 0. The molecule has 0 saturated carbocycles. The molecular formula is C53H102O6. The highest BCUT2D eigenvalue weighted by molar-refractivity contribution is 5.71. The molecule has 0 heterocycles. The summed E-state index contributed by atoms with van der Waals surface area (Å²) >= 11 is 0. The van der Waals surface area contributed by atoms with E-state index >= 15 is 0 Å². The molecule has 0 unspecified atom stereocenters. The summed E-state index contributed by atoms with van der Waals surface area (Å²) < 4.78 is 16.8. The summed E-state index contributed by atoms with van der Waals surface area (Å²) in [4.78, 5) is 37.9. The topological polar surface area (TPSA) is 78.9 Å². The van der Waals surface area contributed by atoms with Crippen LogP contribution in [0.2, 0.25) is 0 Å². The van der Waals surface area contributed by atoms with E-state index in [9.17, 15) is 14.4 Å². The van der Waals surface area contributed by atoms with Gasteiger partial charge in [-0.3, -0.25) is 14.4 Å². The normalized spacial score (nSPS) is 12.1. The molecule has 0 aliphatic rings. The van der Waals surface area contributed by atoms with Crippen LogP contribution in [0, 0.1) is 11.8 Å². The third-order valence-corrected chi connectivity index (χ3v) is 12.0. The lowest BCUT2D eigenvalue weighted by atomic mass is 10.0. The van der Waals surface area contributed by atoms with Gasteiger partial charge < -0.3 is 14.2 Å². The van der Waals surface area contributed by atoms with Gasteiger partial charge in [-0.05, 0) is 31.1 Å². The third-order valence-electron chi connectivity index (χ3n) is 12.0. The van der Waals surface area contributed by atoms with Gasteiger partial charge in [0.05, 0.1) is 0 Å². The zero-order chi connectivity index (χ0) is 43.3. The van der Waals surface area contributed by atoms with Gasteiger partial charge in [0.1, 0.15) is 13.2 Å². The maximum absolute atomic E-state index is 12.8. The monoisotopic (exact) mass is 835 g/mol. The van der Waals surface area contributed by atoms with Gasteiger partial charge in [0.2, 0.25) is 0 Å². The van der Waals surface area contributed by atoms with Crippen LogP contribution in [0.15, 0.2) is 0 Å². The van der Waals surface area contributed by atoms with Gasteiger partial charge in [0.25, 0.3) is 0 Å². The van der Waals surface area contributed by atoms with E-state index in [1.165, 1.54) is 180 Å². The molecule has 0 amide bonds. The lowest BCUT2D eigenvalue weighted by Gasteiger charge is -2.18. The maximum atomic E-state index is 12.8. The first-order chi connectivity index (χ1) is 28.7. The van der Waals surface area contributed by atoms with Crippen LogP contribution in [-0.2, 0) is 28.6 Å². The maximum Gasteiger partial charge on any atom is 0.306 e. The zero-order valence-corrected chi connectivity index (χ0v) is 40.4. The largest absolute Gasteiger partial charge is 0.462 e. The van der Waals surface area contributed by atoms with Gasteiger partial charge >= 0.3 is 17.9 Å². The molecule has 0 bridgehead atoms. The van der Waals surface area contributed by atoms with Crippen molar-refractivity contribution in [2.75, 3.05) is 13.2 Å². The average Bonchev–Trinajstić information content (AvgIpc) is 3.20. The second-order valence-corrected chi connectivity index (χ2v) is 19.1. The molecule has 0 spiro atoms. The summed E-state index contributed by atoms with van der Waals surface area (Å²) in [5.41, 5.74) is 0.